The van der Waals surface area contributed by atoms with Crippen molar-refractivity contribution in [2.75, 3.05) is 39.9 Å². The minimum absolute atomic E-state index is 0.0849. The number of carbonyl (C=O) groups is 2. The molecule has 8 heteroatoms. The highest BCUT2D eigenvalue weighted by molar-refractivity contribution is 5.79. The van der Waals surface area contributed by atoms with Gasteiger partial charge in [0.15, 0.2) is 0 Å². The molecule has 1 unspecified atom stereocenters. The van der Waals surface area contributed by atoms with Crippen molar-refractivity contribution in [3.05, 3.63) is 0 Å². The summed E-state index contributed by atoms with van der Waals surface area (Å²) < 4.78 is 23.6. The Hall–Kier alpha value is -1.22. The summed E-state index contributed by atoms with van der Waals surface area (Å²) >= 11 is 0. The summed E-state index contributed by atoms with van der Waals surface area (Å²) in [5, 5.41) is 0. The Morgan fingerprint density at radius 1 is 1.00 bits per heavy atom. The number of methoxy groups -OCH3 is 1. The largest absolute Gasteiger partial charge is 0.466 e. The normalized spacial score (nSPS) is 28.6. The van der Waals surface area contributed by atoms with Gasteiger partial charge < -0.3 is 18.9 Å². The van der Waals surface area contributed by atoms with Gasteiger partial charge in [-0.25, -0.2) is 9.69 Å². The number of hydrogen-bond acceptors (Lipinski definition) is 8. The predicted octanol–water partition coefficient (Wildman–Crippen LogP) is 2.94. The van der Waals surface area contributed by atoms with Gasteiger partial charge in [0.2, 0.25) is 0 Å². The lowest BCUT2D eigenvalue weighted by Crippen LogP contribution is -2.77. The molecule has 0 aromatic carbocycles. The van der Waals surface area contributed by atoms with Crippen LogP contribution in [-0.4, -0.2) is 84.8 Å². The van der Waals surface area contributed by atoms with E-state index in [1.54, 1.807) is 7.11 Å². The van der Waals surface area contributed by atoms with Gasteiger partial charge in [0, 0.05) is 33.3 Å². The molecule has 0 aromatic heterocycles. The highest BCUT2D eigenvalue weighted by atomic mass is 16.6. The Labute approximate surface area is 192 Å². The Balaban J connectivity index is 1.82. The Morgan fingerprint density at radius 2 is 1.59 bits per heavy atom. The van der Waals surface area contributed by atoms with E-state index in [-0.39, 0.29) is 29.6 Å². The van der Waals surface area contributed by atoms with Crippen molar-refractivity contribution < 1.29 is 28.5 Å². The number of ether oxygens (including phenoxy) is 4. The van der Waals surface area contributed by atoms with Crippen LogP contribution in [0.25, 0.3) is 0 Å². The van der Waals surface area contributed by atoms with Crippen molar-refractivity contribution in [2.24, 2.45) is 5.92 Å². The fourth-order valence-corrected chi connectivity index (χ4v) is 5.03. The van der Waals surface area contributed by atoms with Gasteiger partial charge in [0.25, 0.3) is 5.85 Å². The summed E-state index contributed by atoms with van der Waals surface area (Å²) in [6.07, 6.45) is 4.79. The Morgan fingerprint density at radius 3 is 2.09 bits per heavy atom. The third kappa shape index (κ3) is 5.46. The zero-order chi connectivity index (χ0) is 23.6. The first-order valence-electron chi connectivity index (χ1n) is 12.2. The van der Waals surface area contributed by atoms with Crippen LogP contribution in [-0.2, 0) is 28.5 Å². The van der Waals surface area contributed by atoms with E-state index in [1.807, 2.05) is 27.7 Å². The fourth-order valence-electron chi connectivity index (χ4n) is 5.03. The quantitative estimate of drug-likeness (QED) is 0.518. The predicted molar refractivity (Wildman–Crippen MR) is 120 cm³/mol. The average Bonchev–Trinajstić information content (AvgIpc) is 3.24. The molecule has 0 bridgehead atoms. The Kier molecular flexibility index (Phi) is 7.90. The van der Waals surface area contributed by atoms with Crippen LogP contribution in [0.2, 0.25) is 0 Å². The molecule has 1 saturated carbocycles. The molecule has 1 atom stereocenters. The van der Waals surface area contributed by atoms with Gasteiger partial charge in [-0.2, -0.15) is 0 Å². The van der Waals surface area contributed by atoms with E-state index in [9.17, 15) is 9.59 Å². The number of likely N-dealkylation sites (tertiary alicyclic amines) is 2. The van der Waals surface area contributed by atoms with Crippen LogP contribution in [0, 0.1) is 5.92 Å². The zero-order valence-electron chi connectivity index (χ0n) is 20.8. The summed E-state index contributed by atoms with van der Waals surface area (Å²) in [5.41, 5.74) is -0.930. The van der Waals surface area contributed by atoms with E-state index in [0.29, 0.717) is 32.5 Å². The number of esters is 2. The highest BCUT2D eigenvalue weighted by Gasteiger charge is 2.61. The van der Waals surface area contributed by atoms with Crippen molar-refractivity contribution in [2.45, 2.75) is 96.3 Å². The molecule has 32 heavy (non-hydrogen) atoms. The number of rotatable bonds is 8. The molecule has 0 amide bonds. The summed E-state index contributed by atoms with van der Waals surface area (Å²) in [7, 11) is 1.71. The first kappa shape index (κ1) is 25.4. The van der Waals surface area contributed by atoms with Crippen molar-refractivity contribution in [1.29, 1.82) is 0 Å². The maximum Gasteiger partial charge on any atom is 0.371 e. The van der Waals surface area contributed by atoms with E-state index in [2.05, 4.69) is 16.7 Å². The molecule has 0 radical (unpaired) electrons. The monoisotopic (exact) mass is 454 g/mol. The zero-order valence-corrected chi connectivity index (χ0v) is 20.8. The molecular weight excluding hydrogens is 412 g/mol. The lowest BCUT2D eigenvalue weighted by Gasteiger charge is -2.57. The van der Waals surface area contributed by atoms with Gasteiger partial charge in [-0.15, -0.1) is 0 Å². The van der Waals surface area contributed by atoms with Crippen molar-refractivity contribution in [3.8, 4) is 0 Å². The second kappa shape index (κ2) is 9.95. The summed E-state index contributed by atoms with van der Waals surface area (Å²) in [6, 6.07) is 0. The smallest absolute Gasteiger partial charge is 0.371 e. The van der Waals surface area contributed by atoms with E-state index in [0.717, 1.165) is 38.8 Å². The third-order valence-electron chi connectivity index (χ3n) is 6.80. The molecule has 184 valence electrons. The van der Waals surface area contributed by atoms with Crippen LogP contribution in [0.15, 0.2) is 0 Å². The van der Waals surface area contributed by atoms with Crippen LogP contribution >= 0.6 is 0 Å². The van der Waals surface area contributed by atoms with Crippen molar-refractivity contribution >= 4 is 11.9 Å². The van der Waals surface area contributed by atoms with E-state index < -0.39 is 11.4 Å². The number of hydrogen-bond donors (Lipinski definition) is 0. The van der Waals surface area contributed by atoms with Gasteiger partial charge in [-0.3, -0.25) is 9.69 Å². The molecule has 3 fully saturated rings. The van der Waals surface area contributed by atoms with Gasteiger partial charge >= 0.3 is 11.9 Å². The molecule has 0 N–H and O–H groups in total. The second-order valence-electron chi connectivity index (χ2n) is 10.7. The minimum Gasteiger partial charge on any atom is -0.466 e. The number of carbonyl (C=O) groups excluding carboxylic acids is 2. The first-order valence-corrected chi connectivity index (χ1v) is 12.2. The third-order valence-corrected chi connectivity index (χ3v) is 6.80. The van der Waals surface area contributed by atoms with Crippen molar-refractivity contribution in [3.63, 3.8) is 0 Å². The molecule has 0 spiro atoms. The average molecular weight is 455 g/mol. The van der Waals surface area contributed by atoms with Crippen LogP contribution in [0.4, 0.5) is 0 Å². The van der Waals surface area contributed by atoms with E-state index >= 15 is 0 Å². The van der Waals surface area contributed by atoms with Gasteiger partial charge in [0.05, 0.1) is 24.2 Å². The van der Waals surface area contributed by atoms with Gasteiger partial charge in [-0.05, 0) is 73.1 Å². The maximum atomic E-state index is 13.8. The summed E-state index contributed by atoms with van der Waals surface area (Å²) in [4.78, 5) is 30.2. The Bertz CT molecular complexity index is 658. The van der Waals surface area contributed by atoms with Crippen LogP contribution in [0.1, 0.15) is 73.1 Å². The first-order chi connectivity index (χ1) is 15.0. The molecule has 2 aliphatic heterocycles. The molecule has 2 heterocycles. The SMILES string of the molecule is CCOC(=O)[C@H]1CC[C@H](OC(C(=O)OC(C)(C)C)(N2CCCC2)N2CC(C)(OC)C2)CC1. The topological polar surface area (TPSA) is 77.5 Å². The summed E-state index contributed by atoms with van der Waals surface area (Å²) in [6.45, 7) is 12.7. The minimum atomic E-state index is -1.26. The van der Waals surface area contributed by atoms with E-state index in [4.69, 9.17) is 18.9 Å². The molecule has 3 rings (SSSR count). The molecular formula is C24H42N2O6. The van der Waals surface area contributed by atoms with E-state index in [1.165, 1.54) is 0 Å². The molecule has 3 aliphatic rings. The highest BCUT2D eigenvalue weighted by Crippen LogP contribution is 2.40. The summed E-state index contributed by atoms with van der Waals surface area (Å²) in [5.74, 6) is -1.82. The number of nitrogens with zero attached hydrogens (tertiary/aromatic N) is 2. The van der Waals surface area contributed by atoms with Crippen LogP contribution in [0.3, 0.4) is 0 Å². The molecule has 8 nitrogen and oxygen atoms in total. The molecule has 1 aliphatic carbocycles. The van der Waals surface area contributed by atoms with Crippen molar-refractivity contribution in [1.82, 2.24) is 9.80 Å². The lowest BCUT2D eigenvalue weighted by molar-refractivity contribution is -0.311. The van der Waals surface area contributed by atoms with Crippen LogP contribution in [0.5, 0.6) is 0 Å². The lowest BCUT2D eigenvalue weighted by atomic mass is 9.87. The van der Waals surface area contributed by atoms with Gasteiger partial charge in [-0.1, -0.05) is 0 Å². The van der Waals surface area contributed by atoms with Crippen LogP contribution < -0.4 is 0 Å². The second-order valence-corrected chi connectivity index (χ2v) is 10.7. The standard InChI is InChI=1S/C24H42N2O6/c1-7-30-20(27)18-10-12-19(13-11-18)31-24(25-14-8-9-15-25,21(28)32-22(2,3)4)26-16-23(5,17-26)29-6/h18-19H,7-17H2,1-6H3/t18-,19-,24?. The van der Waals surface area contributed by atoms with Gasteiger partial charge in [0.1, 0.15) is 5.60 Å². The maximum absolute atomic E-state index is 13.8. The fraction of sp³-hybridized carbons (Fsp3) is 0.917. The molecule has 0 aromatic rings. The molecule has 2 saturated heterocycles.